The summed E-state index contributed by atoms with van der Waals surface area (Å²) in [7, 11) is 0. The topological polar surface area (TPSA) is 20.2 Å². The molecule has 0 fully saturated rings. The molecule has 1 nitrogen and oxygen atoms in total. The van der Waals surface area contributed by atoms with Crippen molar-refractivity contribution in [3.8, 4) is 0 Å². The Labute approximate surface area is 124 Å². The van der Waals surface area contributed by atoms with Crippen LogP contribution in [0.4, 0.5) is 8.78 Å². The van der Waals surface area contributed by atoms with Crippen LogP contribution in [0.2, 0.25) is 0 Å². The van der Waals surface area contributed by atoms with Crippen LogP contribution in [0.3, 0.4) is 0 Å². The molecule has 0 aromatic heterocycles. The molecule has 0 saturated heterocycles. The van der Waals surface area contributed by atoms with Crippen LogP contribution in [-0.2, 0) is 11.0 Å². The highest BCUT2D eigenvalue weighted by Crippen LogP contribution is 2.33. The van der Waals surface area contributed by atoms with Crippen LogP contribution >= 0.6 is 0 Å². The molecule has 0 aliphatic heterocycles. The van der Waals surface area contributed by atoms with Crippen LogP contribution in [0, 0.1) is 11.6 Å². The maximum atomic E-state index is 13.9. The summed E-state index contributed by atoms with van der Waals surface area (Å²) in [6.45, 7) is 7.74. The van der Waals surface area contributed by atoms with E-state index in [0.717, 1.165) is 11.6 Å². The van der Waals surface area contributed by atoms with E-state index < -0.39 is 17.2 Å². The second-order valence-corrected chi connectivity index (χ2v) is 6.50. The number of aliphatic hydroxyl groups is 1. The molecule has 1 N–H and O–H groups in total. The molecule has 0 bridgehead atoms. The normalized spacial score (nSPS) is 14.8. The second-order valence-electron chi connectivity index (χ2n) is 6.50. The van der Waals surface area contributed by atoms with Gasteiger partial charge in [-0.2, -0.15) is 0 Å². The lowest BCUT2D eigenvalue weighted by molar-refractivity contribution is 0.0970. The van der Waals surface area contributed by atoms with Crippen molar-refractivity contribution in [3.05, 3.63) is 70.8 Å². The number of benzene rings is 2. The summed E-state index contributed by atoms with van der Waals surface area (Å²) in [6.07, 6.45) is 0. The maximum absolute atomic E-state index is 13.9. The van der Waals surface area contributed by atoms with Gasteiger partial charge in [0.05, 0.1) is 0 Å². The maximum Gasteiger partial charge on any atom is 0.165 e. The predicted molar refractivity (Wildman–Crippen MR) is 80.2 cm³/mol. The molecule has 2 aromatic rings. The smallest absolute Gasteiger partial charge is 0.165 e. The Morgan fingerprint density at radius 3 is 1.86 bits per heavy atom. The van der Waals surface area contributed by atoms with Crippen LogP contribution in [0.5, 0.6) is 0 Å². The first-order valence-electron chi connectivity index (χ1n) is 6.92. The molecule has 112 valence electrons. The molecule has 21 heavy (non-hydrogen) atoms. The summed E-state index contributed by atoms with van der Waals surface area (Å²) in [4.78, 5) is 0. The van der Waals surface area contributed by atoms with Crippen LogP contribution in [-0.4, -0.2) is 5.11 Å². The van der Waals surface area contributed by atoms with Crippen LogP contribution in [0.25, 0.3) is 0 Å². The molecule has 0 radical (unpaired) electrons. The van der Waals surface area contributed by atoms with E-state index in [1.54, 1.807) is 12.1 Å². The molecular formula is C18H20F2O. The van der Waals surface area contributed by atoms with E-state index in [-0.39, 0.29) is 11.0 Å². The summed E-state index contributed by atoms with van der Waals surface area (Å²) in [5.41, 5.74) is -0.00958. The van der Waals surface area contributed by atoms with Gasteiger partial charge in [-0.25, -0.2) is 8.78 Å². The minimum Gasteiger partial charge on any atom is -0.381 e. The predicted octanol–water partition coefficient (Wildman–Crippen LogP) is 4.52. The molecule has 0 saturated carbocycles. The molecule has 1 unspecified atom stereocenters. The van der Waals surface area contributed by atoms with Crippen molar-refractivity contribution in [3.63, 3.8) is 0 Å². The molecule has 0 aliphatic carbocycles. The van der Waals surface area contributed by atoms with E-state index in [9.17, 15) is 13.9 Å². The molecule has 0 amide bonds. The minimum absolute atomic E-state index is 0.00546. The molecule has 3 heteroatoms. The fourth-order valence-electron chi connectivity index (χ4n) is 2.33. The van der Waals surface area contributed by atoms with Crippen LogP contribution < -0.4 is 0 Å². The Bertz CT molecular complexity index is 637. The Morgan fingerprint density at radius 2 is 1.33 bits per heavy atom. The van der Waals surface area contributed by atoms with Gasteiger partial charge in [-0.1, -0.05) is 57.2 Å². The van der Waals surface area contributed by atoms with Crippen molar-refractivity contribution in [1.29, 1.82) is 0 Å². The molecule has 0 aliphatic rings. The number of hydrogen-bond acceptors (Lipinski definition) is 1. The van der Waals surface area contributed by atoms with E-state index in [0.29, 0.717) is 5.56 Å². The van der Waals surface area contributed by atoms with Crippen LogP contribution in [0.15, 0.2) is 42.5 Å². The fourth-order valence-corrected chi connectivity index (χ4v) is 2.33. The molecule has 1 atom stereocenters. The van der Waals surface area contributed by atoms with Crippen molar-refractivity contribution < 1.29 is 13.9 Å². The lowest BCUT2D eigenvalue weighted by atomic mass is 9.83. The van der Waals surface area contributed by atoms with E-state index in [1.807, 2.05) is 12.1 Å². The second kappa shape index (κ2) is 5.23. The monoisotopic (exact) mass is 290 g/mol. The number of hydrogen-bond donors (Lipinski definition) is 1. The zero-order valence-electron chi connectivity index (χ0n) is 12.7. The van der Waals surface area contributed by atoms with Gasteiger partial charge >= 0.3 is 0 Å². The van der Waals surface area contributed by atoms with Gasteiger partial charge in [0.1, 0.15) is 5.60 Å². The highest BCUT2D eigenvalue weighted by molar-refractivity contribution is 5.38. The third kappa shape index (κ3) is 2.98. The molecule has 2 aromatic carbocycles. The minimum atomic E-state index is -1.58. The third-order valence-electron chi connectivity index (χ3n) is 3.79. The molecule has 0 heterocycles. The van der Waals surface area contributed by atoms with Gasteiger partial charge in [-0.05, 0) is 29.5 Å². The zero-order chi connectivity index (χ0) is 15.8. The summed E-state index contributed by atoms with van der Waals surface area (Å²) < 4.78 is 27.3. The van der Waals surface area contributed by atoms with Gasteiger partial charge < -0.3 is 5.11 Å². The van der Waals surface area contributed by atoms with E-state index in [4.69, 9.17) is 0 Å². The Balaban J connectivity index is 2.46. The lowest BCUT2D eigenvalue weighted by Crippen LogP contribution is -2.25. The Hall–Kier alpha value is -1.74. The summed E-state index contributed by atoms with van der Waals surface area (Å²) in [5, 5.41) is 10.6. The first-order chi connectivity index (χ1) is 9.64. The van der Waals surface area contributed by atoms with E-state index >= 15 is 0 Å². The summed E-state index contributed by atoms with van der Waals surface area (Å²) in [6, 6.07) is 11.2. The van der Waals surface area contributed by atoms with Crippen molar-refractivity contribution in [2.45, 2.75) is 38.7 Å². The first-order valence-corrected chi connectivity index (χ1v) is 6.92. The van der Waals surface area contributed by atoms with Gasteiger partial charge in [0.25, 0.3) is 0 Å². The highest BCUT2D eigenvalue weighted by atomic mass is 19.2. The first kappa shape index (κ1) is 15.6. The van der Waals surface area contributed by atoms with Gasteiger partial charge in [0, 0.05) is 5.56 Å². The van der Waals surface area contributed by atoms with Crippen molar-refractivity contribution >= 4 is 0 Å². The average molecular weight is 290 g/mol. The average Bonchev–Trinajstić information content (AvgIpc) is 2.41. The lowest BCUT2D eigenvalue weighted by Gasteiger charge is -2.26. The SMILES string of the molecule is CC(C)(C)c1ccc(C(C)(O)c2cccc(F)c2F)cc1. The fraction of sp³-hybridized carbons (Fsp3) is 0.333. The zero-order valence-corrected chi connectivity index (χ0v) is 12.7. The van der Waals surface area contributed by atoms with E-state index in [1.165, 1.54) is 19.1 Å². The standard InChI is InChI=1S/C18H20F2O/c1-17(2,3)12-8-10-13(11-9-12)18(4,21)14-6-5-7-15(19)16(14)20/h5-11,21H,1-4H3. The van der Waals surface area contributed by atoms with Gasteiger partial charge in [0.15, 0.2) is 11.6 Å². The number of rotatable bonds is 2. The summed E-state index contributed by atoms with van der Waals surface area (Å²) in [5.74, 6) is -1.97. The largest absolute Gasteiger partial charge is 0.381 e. The number of halogens is 2. The van der Waals surface area contributed by atoms with Gasteiger partial charge in [-0.3, -0.25) is 0 Å². The summed E-state index contributed by atoms with van der Waals surface area (Å²) >= 11 is 0. The van der Waals surface area contributed by atoms with Gasteiger partial charge in [0.2, 0.25) is 0 Å². The quantitative estimate of drug-likeness (QED) is 0.862. The third-order valence-corrected chi connectivity index (χ3v) is 3.79. The molecule has 0 spiro atoms. The van der Waals surface area contributed by atoms with Crippen LogP contribution in [0.1, 0.15) is 44.4 Å². The Morgan fingerprint density at radius 1 is 0.810 bits per heavy atom. The highest BCUT2D eigenvalue weighted by Gasteiger charge is 2.30. The van der Waals surface area contributed by atoms with Crippen molar-refractivity contribution in [2.24, 2.45) is 0 Å². The van der Waals surface area contributed by atoms with Gasteiger partial charge in [-0.15, -0.1) is 0 Å². The molecular weight excluding hydrogens is 270 g/mol. The van der Waals surface area contributed by atoms with E-state index in [2.05, 4.69) is 20.8 Å². The molecule has 2 rings (SSSR count). The van der Waals surface area contributed by atoms with Crippen molar-refractivity contribution in [1.82, 2.24) is 0 Å². The Kier molecular flexibility index (Phi) is 3.89. The van der Waals surface area contributed by atoms with Crippen molar-refractivity contribution in [2.75, 3.05) is 0 Å².